The summed E-state index contributed by atoms with van der Waals surface area (Å²) in [6.07, 6.45) is 1.42. The van der Waals surface area contributed by atoms with Crippen LogP contribution < -0.4 is 10.4 Å². The number of nitrogens with one attached hydrogen (secondary N) is 1. The van der Waals surface area contributed by atoms with Gasteiger partial charge in [-0.25, -0.2) is 4.79 Å². The van der Waals surface area contributed by atoms with Crippen LogP contribution in [0.5, 0.6) is 0 Å². The Kier molecular flexibility index (Phi) is 4.40. The van der Waals surface area contributed by atoms with E-state index >= 15 is 0 Å². The van der Waals surface area contributed by atoms with Crippen molar-refractivity contribution in [1.82, 2.24) is 14.8 Å². The van der Waals surface area contributed by atoms with Gasteiger partial charge in [-0.2, -0.15) is 0 Å². The van der Waals surface area contributed by atoms with E-state index in [1.54, 1.807) is 29.7 Å². The third-order valence-electron chi connectivity index (χ3n) is 4.41. The van der Waals surface area contributed by atoms with Crippen molar-refractivity contribution in [3.63, 3.8) is 0 Å². The lowest BCUT2D eigenvalue weighted by molar-refractivity contribution is -0.255. The van der Waals surface area contributed by atoms with Gasteiger partial charge in [0.1, 0.15) is 5.57 Å². The number of aromatic carboxylic acids is 1. The number of likely N-dealkylation sites (N-methyl/N-ethyl adjacent to an activating group) is 1. The molecule has 2 heterocycles. The molecule has 4 amide bonds. The Morgan fingerprint density at radius 3 is 2.52 bits per heavy atom. The number of hydrogen-bond acceptors (Lipinski definition) is 5. The number of nitrogens with zero attached hydrogens (tertiary/aromatic N) is 2. The molecule has 0 spiro atoms. The Morgan fingerprint density at radius 2 is 1.85 bits per heavy atom. The maximum atomic E-state index is 12.2. The lowest BCUT2D eigenvalue weighted by Gasteiger charge is -2.22. The normalized spacial score (nSPS) is 16.0. The Balaban J connectivity index is 2.08. The number of urea groups is 1. The second-order valence-electron chi connectivity index (χ2n) is 6.18. The van der Waals surface area contributed by atoms with Crippen LogP contribution in [0.2, 0.25) is 0 Å². The molecule has 1 saturated heterocycles. The van der Waals surface area contributed by atoms with Crippen molar-refractivity contribution in [3.05, 3.63) is 58.4 Å². The van der Waals surface area contributed by atoms with E-state index in [4.69, 9.17) is 0 Å². The highest BCUT2D eigenvalue weighted by molar-refractivity contribution is 6.30. The maximum Gasteiger partial charge on any atom is 0.331 e. The summed E-state index contributed by atoms with van der Waals surface area (Å²) in [5.41, 5.74) is 2.59. The van der Waals surface area contributed by atoms with Gasteiger partial charge < -0.3 is 14.5 Å². The first-order chi connectivity index (χ1) is 12.7. The van der Waals surface area contributed by atoms with Crippen LogP contribution in [0.15, 0.2) is 35.9 Å². The molecule has 1 aliphatic rings. The van der Waals surface area contributed by atoms with Gasteiger partial charge in [-0.15, -0.1) is 0 Å². The van der Waals surface area contributed by atoms with E-state index < -0.39 is 23.8 Å². The molecule has 8 heteroatoms. The molecule has 1 aliphatic heterocycles. The number of aryl methyl sites for hydroxylation is 1. The number of amides is 4. The highest BCUT2D eigenvalue weighted by Crippen LogP contribution is 2.24. The molecule has 1 aromatic heterocycles. The van der Waals surface area contributed by atoms with Crippen LogP contribution >= 0.6 is 0 Å². The molecule has 0 atom stereocenters. The molecule has 2 aromatic rings. The number of carboxylic acid groups (broad SMARTS) is 1. The molecule has 8 nitrogen and oxygen atoms in total. The van der Waals surface area contributed by atoms with Crippen LogP contribution in [-0.4, -0.2) is 40.3 Å². The molecular formula is C19H16N3O5-. The first kappa shape index (κ1) is 18.1. The maximum absolute atomic E-state index is 12.2. The largest absolute Gasteiger partial charge is 0.545 e. The van der Waals surface area contributed by atoms with Crippen molar-refractivity contribution in [2.45, 2.75) is 13.8 Å². The van der Waals surface area contributed by atoms with Crippen LogP contribution in [0.4, 0.5) is 4.79 Å². The molecule has 1 N–H and O–H groups in total. The molecule has 138 valence electrons. The topological polar surface area (TPSA) is 112 Å². The van der Waals surface area contributed by atoms with Crippen molar-refractivity contribution >= 4 is 29.9 Å². The van der Waals surface area contributed by atoms with E-state index in [2.05, 4.69) is 5.32 Å². The molecule has 0 bridgehead atoms. The van der Waals surface area contributed by atoms with Crippen molar-refractivity contribution in [2.24, 2.45) is 0 Å². The highest BCUT2D eigenvalue weighted by atomic mass is 16.4. The predicted molar refractivity (Wildman–Crippen MR) is 93.9 cm³/mol. The first-order valence-corrected chi connectivity index (χ1v) is 8.06. The van der Waals surface area contributed by atoms with Gasteiger partial charge >= 0.3 is 6.03 Å². The average molecular weight is 366 g/mol. The van der Waals surface area contributed by atoms with E-state index in [1.165, 1.54) is 25.3 Å². The van der Waals surface area contributed by atoms with Gasteiger partial charge in [0.05, 0.1) is 5.97 Å². The smallest absolute Gasteiger partial charge is 0.331 e. The van der Waals surface area contributed by atoms with Crippen LogP contribution in [-0.2, 0) is 9.59 Å². The number of barbiturate groups is 1. The Bertz CT molecular complexity index is 1030. The zero-order chi connectivity index (χ0) is 19.9. The van der Waals surface area contributed by atoms with Crippen molar-refractivity contribution < 1.29 is 24.3 Å². The van der Waals surface area contributed by atoms with Crippen LogP contribution in [0.3, 0.4) is 0 Å². The van der Waals surface area contributed by atoms with Gasteiger partial charge in [0.15, 0.2) is 0 Å². The fourth-order valence-corrected chi connectivity index (χ4v) is 3.00. The van der Waals surface area contributed by atoms with Gasteiger partial charge in [-0.05, 0) is 49.2 Å². The van der Waals surface area contributed by atoms with E-state index in [9.17, 15) is 24.3 Å². The zero-order valence-electron chi connectivity index (χ0n) is 14.9. The minimum absolute atomic E-state index is 0.0434. The Labute approximate surface area is 154 Å². The minimum Gasteiger partial charge on any atom is -0.545 e. The van der Waals surface area contributed by atoms with Crippen LogP contribution in [0, 0.1) is 13.8 Å². The Morgan fingerprint density at radius 1 is 1.15 bits per heavy atom. The third-order valence-corrected chi connectivity index (χ3v) is 4.41. The summed E-state index contributed by atoms with van der Waals surface area (Å²) in [4.78, 5) is 47.7. The third kappa shape index (κ3) is 3.12. The summed E-state index contributed by atoms with van der Waals surface area (Å²) in [6.45, 7) is 3.60. The van der Waals surface area contributed by atoms with E-state index in [1.807, 2.05) is 6.92 Å². The number of aromatic nitrogens is 1. The fourth-order valence-electron chi connectivity index (χ4n) is 3.00. The lowest BCUT2D eigenvalue weighted by Crippen LogP contribution is -2.52. The summed E-state index contributed by atoms with van der Waals surface area (Å²) >= 11 is 0. The predicted octanol–water partition coefficient (Wildman–Crippen LogP) is 0.549. The molecule has 0 aliphatic carbocycles. The second kappa shape index (κ2) is 6.56. The van der Waals surface area contributed by atoms with Crippen molar-refractivity contribution in [2.75, 3.05) is 7.05 Å². The average Bonchev–Trinajstić information content (AvgIpc) is 2.90. The summed E-state index contributed by atoms with van der Waals surface area (Å²) in [7, 11) is 1.28. The molecule has 0 saturated carbocycles. The highest BCUT2D eigenvalue weighted by Gasteiger charge is 2.33. The minimum atomic E-state index is -1.28. The summed E-state index contributed by atoms with van der Waals surface area (Å²) in [5, 5.41) is 13.2. The molecule has 27 heavy (non-hydrogen) atoms. The summed E-state index contributed by atoms with van der Waals surface area (Å²) in [6, 6.07) is 7.27. The lowest BCUT2D eigenvalue weighted by atomic mass is 10.1. The van der Waals surface area contributed by atoms with Crippen molar-refractivity contribution in [1.29, 1.82) is 0 Å². The SMILES string of the molecule is Cc1cc(/C=C2\C(=O)NC(=O)N(C)C2=O)c(C)n1-c1cccc(C(=O)[O-])c1. The van der Waals surface area contributed by atoms with E-state index in [0.717, 1.165) is 10.6 Å². The van der Waals surface area contributed by atoms with Gasteiger partial charge in [-0.3, -0.25) is 19.8 Å². The second-order valence-corrected chi connectivity index (χ2v) is 6.18. The summed E-state index contributed by atoms with van der Waals surface area (Å²) in [5.74, 6) is -2.72. The van der Waals surface area contributed by atoms with Crippen LogP contribution in [0.25, 0.3) is 11.8 Å². The fraction of sp³-hybridized carbons (Fsp3) is 0.158. The van der Waals surface area contributed by atoms with E-state index in [-0.39, 0.29) is 11.1 Å². The zero-order valence-corrected chi connectivity index (χ0v) is 14.9. The number of imide groups is 2. The first-order valence-electron chi connectivity index (χ1n) is 8.06. The summed E-state index contributed by atoms with van der Waals surface area (Å²) < 4.78 is 1.80. The monoisotopic (exact) mass is 366 g/mol. The Hall–Kier alpha value is -3.68. The molecular weight excluding hydrogens is 350 g/mol. The number of hydrogen-bond donors (Lipinski definition) is 1. The van der Waals surface area contributed by atoms with Crippen LogP contribution in [0.1, 0.15) is 27.3 Å². The number of benzene rings is 1. The quantitative estimate of drug-likeness (QED) is 0.630. The number of carboxylic acids is 1. The van der Waals surface area contributed by atoms with E-state index in [0.29, 0.717) is 16.9 Å². The molecule has 0 radical (unpaired) electrons. The molecule has 3 rings (SSSR count). The van der Waals surface area contributed by atoms with Crippen molar-refractivity contribution in [3.8, 4) is 5.69 Å². The van der Waals surface area contributed by atoms with Gasteiger partial charge in [0.2, 0.25) is 0 Å². The molecule has 0 unspecified atom stereocenters. The number of rotatable bonds is 3. The molecule has 1 aromatic carbocycles. The standard InChI is InChI=1S/C19H17N3O5/c1-10-7-13(9-15-16(23)20-19(27)21(3)17(15)24)11(2)22(10)14-6-4-5-12(8-14)18(25)26/h4-9H,1-3H3,(H,25,26)(H,20,23,27)/p-1/b15-9+. The van der Waals surface area contributed by atoms with Gasteiger partial charge in [0.25, 0.3) is 11.8 Å². The molecule has 1 fully saturated rings. The number of carbonyl (C=O) groups excluding carboxylic acids is 4. The van der Waals surface area contributed by atoms with Gasteiger partial charge in [-0.1, -0.05) is 12.1 Å². The number of carbonyl (C=O) groups is 4. The van der Waals surface area contributed by atoms with Gasteiger partial charge in [0, 0.05) is 24.1 Å².